The average Bonchev–Trinajstić information content (AvgIpc) is 2.72. The molecule has 8 heteroatoms. The van der Waals surface area contributed by atoms with Gasteiger partial charge in [0.2, 0.25) is 0 Å². The number of thiazole rings is 1. The number of para-hydroxylation sites is 1. The fourth-order valence-electron chi connectivity index (χ4n) is 1.48. The highest BCUT2D eigenvalue weighted by Gasteiger charge is 2.34. The van der Waals surface area contributed by atoms with E-state index in [9.17, 15) is 13.2 Å². The Bertz CT molecular complexity index is 584. The van der Waals surface area contributed by atoms with E-state index in [0.29, 0.717) is 4.47 Å². The van der Waals surface area contributed by atoms with Gasteiger partial charge in [-0.15, -0.1) is 11.3 Å². The first-order valence-electron chi connectivity index (χ1n) is 5.07. The molecule has 1 N–H and O–H groups in total. The lowest BCUT2D eigenvalue weighted by Crippen LogP contribution is -2.10. The molecule has 0 saturated heterocycles. The lowest BCUT2D eigenvalue weighted by molar-refractivity contribution is -0.136. The molecule has 0 spiro atoms. The van der Waals surface area contributed by atoms with Crippen LogP contribution in [0, 0.1) is 0 Å². The SMILES string of the molecule is FC(F)(F)c1cccc(Cl)c1NCc1cnc(Cl)s1. The average molecular weight is 327 g/mol. The van der Waals surface area contributed by atoms with Crippen LogP contribution in [0.15, 0.2) is 24.4 Å². The van der Waals surface area contributed by atoms with Gasteiger partial charge in [0.15, 0.2) is 4.47 Å². The third kappa shape index (κ3) is 3.52. The summed E-state index contributed by atoms with van der Waals surface area (Å²) in [6.07, 6.45) is -2.96. The third-order valence-corrected chi connectivity index (χ3v) is 3.71. The van der Waals surface area contributed by atoms with Crippen LogP contribution in [0.1, 0.15) is 10.4 Å². The smallest absolute Gasteiger partial charge is 0.378 e. The van der Waals surface area contributed by atoms with Gasteiger partial charge in [-0.25, -0.2) is 4.98 Å². The highest BCUT2D eigenvalue weighted by atomic mass is 35.5. The molecule has 0 aliphatic heterocycles. The van der Waals surface area contributed by atoms with Gasteiger partial charge < -0.3 is 5.32 Å². The largest absolute Gasteiger partial charge is 0.418 e. The number of nitrogens with one attached hydrogen (secondary N) is 1. The summed E-state index contributed by atoms with van der Waals surface area (Å²) in [5.41, 5.74) is -0.934. The summed E-state index contributed by atoms with van der Waals surface area (Å²) in [7, 11) is 0. The zero-order valence-electron chi connectivity index (χ0n) is 9.26. The van der Waals surface area contributed by atoms with Crippen LogP contribution >= 0.6 is 34.5 Å². The van der Waals surface area contributed by atoms with E-state index in [-0.39, 0.29) is 17.3 Å². The van der Waals surface area contributed by atoms with Gasteiger partial charge in [-0.2, -0.15) is 13.2 Å². The number of alkyl halides is 3. The lowest BCUT2D eigenvalue weighted by Gasteiger charge is -2.15. The van der Waals surface area contributed by atoms with Crippen molar-refractivity contribution < 1.29 is 13.2 Å². The highest BCUT2D eigenvalue weighted by Crippen LogP contribution is 2.38. The second kappa shape index (κ2) is 5.56. The Hall–Kier alpha value is -0.980. The normalized spacial score (nSPS) is 11.6. The van der Waals surface area contributed by atoms with Crippen molar-refractivity contribution in [1.29, 1.82) is 0 Å². The maximum absolute atomic E-state index is 12.8. The van der Waals surface area contributed by atoms with Crippen LogP contribution in [0.3, 0.4) is 0 Å². The number of rotatable bonds is 3. The van der Waals surface area contributed by atoms with E-state index < -0.39 is 11.7 Å². The number of nitrogens with zero attached hydrogens (tertiary/aromatic N) is 1. The van der Waals surface area contributed by atoms with Crippen LogP contribution < -0.4 is 5.32 Å². The number of benzene rings is 1. The van der Waals surface area contributed by atoms with Crippen LogP contribution in [0.5, 0.6) is 0 Å². The summed E-state index contributed by atoms with van der Waals surface area (Å²) in [5.74, 6) is 0. The van der Waals surface area contributed by atoms with Crippen LogP contribution in [0.25, 0.3) is 0 Å². The van der Waals surface area contributed by atoms with Gasteiger partial charge in [-0.05, 0) is 12.1 Å². The quantitative estimate of drug-likeness (QED) is 0.850. The molecule has 0 saturated carbocycles. The monoisotopic (exact) mass is 326 g/mol. The number of aromatic nitrogens is 1. The van der Waals surface area contributed by atoms with Gasteiger partial charge in [-0.1, -0.05) is 29.3 Å². The number of hydrogen-bond donors (Lipinski definition) is 1. The lowest BCUT2D eigenvalue weighted by atomic mass is 10.1. The molecular formula is C11H7Cl2F3N2S. The molecule has 0 atom stereocenters. The first kappa shape index (κ1) is 14.4. The molecule has 1 aromatic heterocycles. The molecule has 0 aliphatic rings. The fraction of sp³-hybridized carbons (Fsp3) is 0.182. The predicted octanol–water partition coefficient (Wildman–Crippen LogP) is 5.08. The molecule has 0 bridgehead atoms. The topological polar surface area (TPSA) is 24.9 Å². The van der Waals surface area contributed by atoms with Crippen molar-refractivity contribution in [2.45, 2.75) is 12.7 Å². The summed E-state index contributed by atoms with van der Waals surface area (Å²) in [5, 5.41) is 2.70. The van der Waals surface area contributed by atoms with Gasteiger partial charge in [0.25, 0.3) is 0 Å². The van der Waals surface area contributed by atoms with Crippen LogP contribution in [-0.2, 0) is 12.7 Å². The van der Waals surface area contributed by atoms with Crippen molar-refractivity contribution in [1.82, 2.24) is 4.98 Å². The first-order chi connectivity index (χ1) is 8.88. The molecule has 2 nitrogen and oxygen atoms in total. The van der Waals surface area contributed by atoms with Crippen molar-refractivity contribution >= 4 is 40.2 Å². The molecule has 2 aromatic rings. The summed E-state index contributed by atoms with van der Waals surface area (Å²) in [4.78, 5) is 4.53. The Kier molecular flexibility index (Phi) is 4.23. The fourth-order valence-corrected chi connectivity index (χ4v) is 2.64. The number of halogens is 5. The van der Waals surface area contributed by atoms with Gasteiger partial charge in [0.05, 0.1) is 22.8 Å². The molecule has 0 amide bonds. The van der Waals surface area contributed by atoms with E-state index in [0.717, 1.165) is 10.9 Å². The summed E-state index contributed by atoms with van der Waals surface area (Å²) in [6, 6.07) is 3.65. The molecular weight excluding hydrogens is 320 g/mol. The van der Waals surface area contributed by atoms with Crippen molar-refractivity contribution in [2.24, 2.45) is 0 Å². The van der Waals surface area contributed by atoms with Gasteiger partial charge in [-0.3, -0.25) is 0 Å². The molecule has 19 heavy (non-hydrogen) atoms. The Balaban J connectivity index is 2.24. The minimum atomic E-state index is -4.46. The van der Waals surface area contributed by atoms with E-state index in [1.54, 1.807) is 0 Å². The molecule has 102 valence electrons. The molecule has 0 fully saturated rings. The summed E-state index contributed by atoms with van der Waals surface area (Å²) < 4.78 is 38.8. The highest BCUT2D eigenvalue weighted by molar-refractivity contribution is 7.15. The Morgan fingerprint density at radius 2 is 2.00 bits per heavy atom. The van der Waals surface area contributed by atoms with E-state index in [4.69, 9.17) is 23.2 Å². The molecule has 1 aromatic carbocycles. The van der Waals surface area contributed by atoms with Crippen LogP contribution in [0.2, 0.25) is 9.49 Å². The third-order valence-electron chi connectivity index (χ3n) is 2.28. The van der Waals surface area contributed by atoms with Crippen molar-refractivity contribution in [3.8, 4) is 0 Å². The van der Waals surface area contributed by atoms with E-state index in [1.165, 1.54) is 29.7 Å². The van der Waals surface area contributed by atoms with Crippen molar-refractivity contribution in [3.63, 3.8) is 0 Å². The zero-order valence-corrected chi connectivity index (χ0v) is 11.6. The van der Waals surface area contributed by atoms with E-state index in [2.05, 4.69) is 10.3 Å². The number of anilines is 1. The molecule has 0 unspecified atom stereocenters. The zero-order chi connectivity index (χ0) is 14.0. The van der Waals surface area contributed by atoms with Crippen LogP contribution in [-0.4, -0.2) is 4.98 Å². The number of hydrogen-bond acceptors (Lipinski definition) is 3. The first-order valence-corrected chi connectivity index (χ1v) is 6.65. The van der Waals surface area contributed by atoms with Crippen molar-refractivity contribution in [2.75, 3.05) is 5.32 Å². The maximum Gasteiger partial charge on any atom is 0.418 e. The summed E-state index contributed by atoms with van der Waals surface area (Å²) in [6.45, 7) is 0.178. The second-order valence-electron chi connectivity index (χ2n) is 3.59. The maximum atomic E-state index is 12.8. The Labute approximate surface area is 121 Å². The predicted molar refractivity (Wildman–Crippen MR) is 70.9 cm³/mol. The Morgan fingerprint density at radius 3 is 2.58 bits per heavy atom. The minimum Gasteiger partial charge on any atom is -0.378 e. The molecule has 0 radical (unpaired) electrons. The van der Waals surface area contributed by atoms with E-state index >= 15 is 0 Å². The Morgan fingerprint density at radius 1 is 1.26 bits per heavy atom. The standard InChI is InChI=1S/C11H7Cl2F3N2S/c12-8-3-1-2-7(11(14,15)16)9(8)17-4-6-5-18-10(13)19-6/h1-3,5,17H,4H2. The molecule has 0 aliphatic carbocycles. The molecule has 2 rings (SSSR count). The minimum absolute atomic E-state index is 0.0189. The summed E-state index contributed by atoms with van der Waals surface area (Å²) >= 11 is 12.7. The van der Waals surface area contributed by atoms with Gasteiger partial charge >= 0.3 is 6.18 Å². The van der Waals surface area contributed by atoms with E-state index in [1.807, 2.05) is 0 Å². The van der Waals surface area contributed by atoms with Gasteiger partial charge in [0.1, 0.15) is 0 Å². The van der Waals surface area contributed by atoms with Crippen LogP contribution in [0.4, 0.5) is 18.9 Å². The molecule has 1 heterocycles. The second-order valence-corrected chi connectivity index (χ2v) is 5.70. The van der Waals surface area contributed by atoms with Crippen molar-refractivity contribution in [3.05, 3.63) is 44.3 Å². The van der Waals surface area contributed by atoms with Gasteiger partial charge in [0, 0.05) is 11.1 Å².